The summed E-state index contributed by atoms with van der Waals surface area (Å²) in [5.74, 6) is 0.927. The van der Waals surface area contributed by atoms with Crippen LogP contribution in [0.3, 0.4) is 0 Å². The second kappa shape index (κ2) is 5.35. The Labute approximate surface area is 121 Å². The molecule has 4 nitrogen and oxygen atoms in total. The van der Waals surface area contributed by atoms with Crippen molar-refractivity contribution in [1.29, 1.82) is 5.26 Å². The third kappa shape index (κ3) is 2.04. The molecule has 0 aliphatic heterocycles. The molecule has 0 aliphatic carbocycles. The number of nitrogens with zero attached hydrogens (tertiary/aromatic N) is 4. The molecule has 0 N–H and O–H groups in total. The highest BCUT2D eigenvalue weighted by molar-refractivity contribution is 7.99. The predicted molar refractivity (Wildman–Crippen MR) is 80.0 cm³/mol. The number of thioether (sulfide) groups is 1. The van der Waals surface area contributed by atoms with Crippen molar-refractivity contribution in [3.05, 3.63) is 48.0 Å². The maximum atomic E-state index is 9.47. The van der Waals surface area contributed by atoms with Crippen LogP contribution in [0.5, 0.6) is 0 Å². The molecule has 5 heteroatoms. The molecule has 0 spiro atoms. The van der Waals surface area contributed by atoms with Crippen molar-refractivity contribution in [2.75, 3.05) is 5.75 Å². The first-order valence-electron chi connectivity index (χ1n) is 6.32. The zero-order chi connectivity index (χ0) is 13.9. The first-order chi connectivity index (χ1) is 9.85. The van der Waals surface area contributed by atoms with Crippen LogP contribution < -0.4 is 0 Å². The Kier molecular flexibility index (Phi) is 3.40. The molecule has 1 heterocycles. The predicted octanol–water partition coefficient (Wildman–Crippen LogP) is 3.40. The Balaban J connectivity index is 2.24. The van der Waals surface area contributed by atoms with E-state index in [0.717, 1.165) is 27.4 Å². The SMILES string of the molecule is CCSc1cccc(-n2nnc3ccccc32)c1C#N. The van der Waals surface area contributed by atoms with Crippen LogP contribution >= 0.6 is 11.8 Å². The zero-order valence-electron chi connectivity index (χ0n) is 10.9. The highest BCUT2D eigenvalue weighted by Gasteiger charge is 2.13. The summed E-state index contributed by atoms with van der Waals surface area (Å²) in [5, 5.41) is 17.8. The molecule has 0 bridgehead atoms. The van der Waals surface area contributed by atoms with E-state index in [1.54, 1.807) is 16.4 Å². The van der Waals surface area contributed by atoms with Crippen LogP contribution in [-0.2, 0) is 0 Å². The molecule has 0 saturated carbocycles. The van der Waals surface area contributed by atoms with Crippen molar-refractivity contribution in [3.63, 3.8) is 0 Å². The molecule has 3 aromatic rings. The van der Waals surface area contributed by atoms with Gasteiger partial charge in [-0.3, -0.25) is 0 Å². The van der Waals surface area contributed by atoms with Crippen LogP contribution in [0.4, 0.5) is 0 Å². The van der Waals surface area contributed by atoms with Gasteiger partial charge in [-0.1, -0.05) is 30.3 Å². The fourth-order valence-electron chi connectivity index (χ4n) is 2.13. The maximum absolute atomic E-state index is 9.47. The van der Waals surface area contributed by atoms with E-state index < -0.39 is 0 Å². The third-order valence-corrected chi connectivity index (χ3v) is 3.94. The molecular formula is C15H12N4S. The molecule has 0 fully saturated rings. The molecule has 20 heavy (non-hydrogen) atoms. The zero-order valence-corrected chi connectivity index (χ0v) is 11.8. The van der Waals surface area contributed by atoms with Crippen molar-refractivity contribution in [2.24, 2.45) is 0 Å². The maximum Gasteiger partial charge on any atom is 0.113 e. The Hall–Kier alpha value is -2.32. The standard InChI is InChI=1S/C15H12N4S/c1-2-20-15-9-5-8-13(11(15)10-16)19-14-7-4-3-6-12(14)17-18-19/h3-9H,2H2,1H3. The molecule has 0 amide bonds. The summed E-state index contributed by atoms with van der Waals surface area (Å²) in [5.41, 5.74) is 3.15. The average Bonchev–Trinajstić information content (AvgIpc) is 2.91. The summed E-state index contributed by atoms with van der Waals surface area (Å²) >= 11 is 1.66. The van der Waals surface area contributed by atoms with E-state index in [4.69, 9.17) is 0 Å². The van der Waals surface area contributed by atoms with Crippen LogP contribution in [0.25, 0.3) is 16.7 Å². The summed E-state index contributed by atoms with van der Waals surface area (Å²) in [6.07, 6.45) is 0. The summed E-state index contributed by atoms with van der Waals surface area (Å²) in [4.78, 5) is 0.979. The van der Waals surface area contributed by atoms with Crippen molar-refractivity contribution in [1.82, 2.24) is 15.0 Å². The fourth-order valence-corrected chi connectivity index (χ4v) is 2.91. The normalized spacial score (nSPS) is 10.6. The first kappa shape index (κ1) is 12.7. The second-order valence-corrected chi connectivity index (χ2v) is 5.49. The number of hydrogen-bond acceptors (Lipinski definition) is 4. The third-order valence-electron chi connectivity index (χ3n) is 3.00. The minimum absolute atomic E-state index is 0.648. The summed E-state index contributed by atoms with van der Waals surface area (Å²) < 4.78 is 1.73. The molecule has 0 unspecified atom stereocenters. The van der Waals surface area contributed by atoms with Gasteiger partial charge in [0.05, 0.1) is 16.8 Å². The van der Waals surface area contributed by atoms with E-state index in [0.29, 0.717) is 5.56 Å². The number of para-hydroxylation sites is 1. The van der Waals surface area contributed by atoms with E-state index in [2.05, 4.69) is 23.3 Å². The number of aromatic nitrogens is 3. The lowest BCUT2D eigenvalue weighted by molar-refractivity contribution is 0.819. The molecule has 1 aromatic heterocycles. The minimum Gasteiger partial charge on any atom is -0.211 e. The smallest absolute Gasteiger partial charge is 0.113 e. The van der Waals surface area contributed by atoms with Gasteiger partial charge in [0.2, 0.25) is 0 Å². The molecule has 2 aromatic carbocycles. The van der Waals surface area contributed by atoms with Gasteiger partial charge in [0.15, 0.2) is 0 Å². The summed E-state index contributed by atoms with van der Waals surface area (Å²) in [7, 11) is 0. The van der Waals surface area contributed by atoms with E-state index in [1.165, 1.54) is 0 Å². The lowest BCUT2D eigenvalue weighted by Crippen LogP contribution is -2.01. The molecule has 0 saturated heterocycles. The number of rotatable bonds is 3. The van der Waals surface area contributed by atoms with E-state index >= 15 is 0 Å². The van der Waals surface area contributed by atoms with Gasteiger partial charge in [0.25, 0.3) is 0 Å². The van der Waals surface area contributed by atoms with Gasteiger partial charge in [0, 0.05) is 4.90 Å². The van der Waals surface area contributed by atoms with Gasteiger partial charge in [-0.15, -0.1) is 16.9 Å². The number of nitriles is 1. The van der Waals surface area contributed by atoms with Crippen LogP contribution in [0.1, 0.15) is 12.5 Å². The molecular weight excluding hydrogens is 268 g/mol. The monoisotopic (exact) mass is 280 g/mol. The average molecular weight is 280 g/mol. The number of hydrogen-bond donors (Lipinski definition) is 0. The van der Waals surface area contributed by atoms with Crippen molar-refractivity contribution in [2.45, 2.75) is 11.8 Å². The van der Waals surface area contributed by atoms with Gasteiger partial charge >= 0.3 is 0 Å². The minimum atomic E-state index is 0.648. The van der Waals surface area contributed by atoms with Crippen LogP contribution in [0, 0.1) is 11.3 Å². The van der Waals surface area contributed by atoms with Gasteiger partial charge in [-0.05, 0) is 30.0 Å². The first-order valence-corrected chi connectivity index (χ1v) is 7.30. The van der Waals surface area contributed by atoms with Crippen molar-refractivity contribution >= 4 is 22.8 Å². The number of benzene rings is 2. The largest absolute Gasteiger partial charge is 0.211 e. The Bertz CT molecular complexity index is 801. The quantitative estimate of drug-likeness (QED) is 0.690. The summed E-state index contributed by atoms with van der Waals surface area (Å²) in [6.45, 7) is 2.07. The molecule has 0 atom stereocenters. The topological polar surface area (TPSA) is 54.5 Å². The van der Waals surface area contributed by atoms with Gasteiger partial charge in [-0.25, -0.2) is 4.68 Å². The summed E-state index contributed by atoms with van der Waals surface area (Å²) in [6, 6.07) is 15.8. The van der Waals surface area contributed by atoms with Gasteiger partial charge < -0.3 is 0 Å². The van der Waals surface area contributed by atoms with Gasteiger partial charge in [-0.2, -0.15) is 5.26 Å². The molecule has 0 radical (unpaired) electrons. The lowest BCUT2D eigenvalue weighted by Gasteiger charge is -2.08. The van der Waals surface area contributed by atoms with Crippen LogP contribution in [-0.4, -0.2) is 20.7 Å². The number of fused-ring (bicyclic) bond motifs is 1. The highest BCUT2D eigenvalue weighted by Crippen LogP contribution is 2.28. The Morgan fingerprint density at radius 2 is 2.05 bits per heavy atom. The highest BCUT2D eigenvalue weighted by atomic mass is 32.2. The van der Waals surface area contributed by atoms with E-state index in [9.17, 15) is 5.26 Å². The van der Waals surface area contributed by atoms with Crippen LogP contribution in [0.15, 0.2) is 47.4 Å². The van der Waals surface area contributed by atoms with Crippen LogP contribution in [0.2, 0.25) is 0 Å². The lowest BCUT2D eigenvalue weighted by atomic mass is 10.2. The van der Waals surface area contributed by atoms with Crippen molar-refractivity contribution in [3.8, 4) is 11.8 Å². The van der Waals surface area contributed by atoms with E-state index in [1.807, 2.05) is 42.5 Å². The van der Waals surface area contributed by atoms with Gasteiger partial charge in [0.1, 0.15) is 11.6 Å². The second-order valence-electron chi connectivity index (χ2n) is 4.19. The Morgan fingerprint density at radius 1 is 1.20 bits per heavy atom. The Morgan fingerprint density at radius 3 is 2.85 bits per heavy atom. The fraction of sp³-hybridized carbons (Fsp3) is 0.133. The molecule has 98 valence electrons. The molecule has 3 rings (SSSR count). The van der Waals surface area contributed by atoms with E-state index in [-0.39, 0.29) is 0 Å². The molecule has 0 aliphatic rings. The van der Waals surface area contributed by atoms with Crippen molar-refractivity contribution < 1.29 is 0 Å².